The van der Waals surface area contributed by atoms with Crippen LogP contribution in [-0.2, 0) is 0 Å². The van der Waals surface area contributed by atoms with Crippen LogP contribution >= 0.6 is 24.0 Å². The molecular weight excluding hydrogens is 290 g/mol. The summed E-state index contributed by atoms with van der Waals surface area (Å²) in [7, 11) is 0. The van der Waals surface area contributed by atoms with E-state index in [-0.39, 0.29) is 6.54 Å². The molecule has 4 atom stereocenters. The molecule has 0 saturated carbocycles. The summed E-state index contributed by atoms with van der Waals surface area (Å²) in [6.45, 7) is 2.11. The van der Waals surface area contributed by atoms with Crippen LogP contribution in [0, 0.1) is 0 Å². The molecule has 0 spiro atoms. The quantitative estimate of drug-likeness (QED) is 0.377. The minimum atomic E-state index is -1.67. The van der Waals surface area contributed by atoms with Crippen molar-refractivity contribution in [3.05, 3.63) is 0 Å². The lowest BCUT2D eigenvalue weighted by molar-refractivity contribution is -0.126. The Morgan fingerprint density at radius 3 is 2.58 bits per heavy atom. The van der Waals surface area contributed by atoms with Crippen molar-refractivity contribution in [1.29, 1.82) is 0 Å². The topological polar surface area (TPSA) is 104 Å². The fraction of sp³-hybridized carbons (Fsp3) is 0.909. The van der Waals surface area contributed by atoms with E-state index in [9.17, 15) is 20.4 Å². The Hall–Kier alpha value is 0.0400. The van der Waals surface area contributed by atoms with Gasteiger partial charge in [-0.25, -0.2) is 0 Å². The lowest BCUT2D eigenvalue weighted by atomic mass is 10.0. The molecule has 1 fully saturated rings. The van der Waals surface area contributed by atoms with Crippen molar-refractivity contribution in [2.24, 2.45) is 0 Å². The second-order valence-corrected chi connectivity index (χ2v) is 6.62. The van der Waals surface area contributed by atoms with Crippen LogP contribution in [-0.4, -0.2) is 77.7 Å². The summed E-state index contributed by atoms with van der Waals surface area (Å²) in [5.74, 6) is 0. The van der Waals surface area contributed by atoms with Gasteiger partial charge in [0.2, 0.25) is 0 Å². The number of aliphatic hydroxyl groups excluding tert-OH is 4. The number of thiocarbonyl (C=S) groups is 1. The average Bonchev–Trinajstić information content (AvgIpc) is 2.69. The Labute approximate surface area is 122 Å². The van der Waals surface area contributed by atoms with E-state index in [4.69, 9.17) is 17.3 Å². The van der Waals surface area contributed by atoms with Gasteiger partial charge in [0.05, 0.1) is 13.2 Å². The number of rotatable bonds is 7. The number of hydrogen-bond acceptors (Lipinski definition) is 7. The molecule has 1 heterocycles. The zero-order valence-corrected chi connectivity index (χ0v) is 12.4. The van der Waals surface area contributed by atoms with Crippen LogP contribution in [0.15, 0.2) is 0 Å². The summed E-state index contributed by atoms with van der Waals surface area (Å²) < 4.78 is 0.459. The SMILES string of the molecule is CCCCN1CC(O)(C(O)C(O)C(O)CO)SC1=S. The standard InChI is InChI=1S/C11H21NO5S2/c1-2-3-4-12-6-11(17,19-10(12)18)9(16)8(15)7(14)5-13/h7-9,13-17H,2-6H2,1H3. The highest BCUT2D eigenvalue weighted by Crippen LogP contribution is 2.38. The van der Waals surface area contributed by atoms with Crippen molar-refractivity contribution in [3.63, 3.8) is 0 Å². The molecule has 6 nitrogen and oxygen atoms in total. The molecule has 1 rings (SSSR count). The number of hydrogen-bond donors (Lipinski definition) is 5. The van der Waals surface area contributed by atoms with Crippen molar-refractivity contribution in [2.75, 3.05) is 19.7 Å². The Bertz CT molecular complexity index is 319. The number of aliphatic hydroxyl groups is 5. The molecule has 0 aliphatic carbocycles. The van der Waals surface area contributed by atoms with E-state index in [1.807, 2.05) is 6.92 Å². The second-order valence-electron chi connectivity index (χ2n) is 4.67. The van der Waals surface area contributed by atoms with Crippen molar-refractivity contribution < 1.29 is 25.5 Å². The first-order valence-corrected chi connectivity index (χ1v) is 7.43. The van der Waals surface area contributed by atoms with Gasteiger partial charge in [-0.2, -0.15) is 0 Å². The zero-order chi connectivity index (χ0) is 14.6. The normalized spacial score (nSPS) is 28.5. The molecule has 0 amide bonds. The van der Waals surface area contributed by atoms with Crippen molar-refractivity contribution >= 4 is 28.3 Å². The van der Waals surface area contributed by atoms with E-state index in [1.54, 1.807) is 4.90 Å². The summed E-state index contributed by atoms with van der Waals surface area (Å²) >= 11 is 6.03. The highest BCUT2D eigenvalue weighted by molar-refractivity contribution is 8.24. The number of thioether (sulfide) groups is 1. The monoisotopic (exact) mass is 311 g/mol. The summed E-state index contributed by atoms with van der Waals surface area (Å²) in [5, 5.41) is 48.0. The third kappa shape index (κ3) is 4.01. The fourth-order valence-corrected chi connectivity index (χ4v) is 3.50. The highest BCUT2D eigenvalue weighted by Gasteiger charge is 2.49. The first-order chi connectivity index (χ1) is 8.85. The molecule has 1 saturated heterocycles. The molecule has 0 aromatic rings. The van der Waals surface area contributed by atoms with Crippen LogP contribution in [0.25, 0.3) is 0 Å². The minimum absolute atomic E-state index is 0.0902. The number of β-amino-alcohol motifs (C(OH)–C–C–N with tert-alkyl or cyclic N) is 1. The second kappa shape index (κ2) is 7.16. The molecule has 0 aromatic heterocycles. The maximum Gasteiger partial charge on any atom is 0.162 e. The van der Waals surface area contributed by atoms with Crippen LogP contribution in [0.2, 0.25) is 0 Å². The van der Waals surface area contributed by atoms with E-state index in [0.29, 0.717) is 10.9 Å². The molecular formula is C11H21NO5S2. The number of unbranched alkanes of at least 4 members (excludes halogenated alkanes) is 1. The van der Waals surface area contributed by atoms with Crippen LogP contribution in [0.1, 0.15) is 19.8 Å². The van der Waals surface area contributed by atoms with Gasteiger partial charge < -0.3 is 30.4 Å². The van der Waals surface area contributed by atoms with Gasteiger partial charge in [0.1, 0.15) is 22.6 Å². The summed E-state index contributed by atoms with van der Waals surface area (Å²) in [4.78, 5) is 0.102. The first kappa shape index (κ1) is 17.1. The third-order valence-corrected chi connectivity index (χ3v) is 4.75. The van der Waals surface area contributed by atoms with Gasteiger partial charge in [-0.15, -0.1) is 0 Å². The van der Waals surface area contributed by atoms with Crippen molar-refractivity contribution in [2.45, 2.75) is 43.0 Å². The van der Waals surface area contributed by atoms with Crippen LogP contribution < -0.4 is 0 Å². The maximum atomic E-state index is 10.3. The molecule has 112 valence electrons. The molecule has 0 bridgehead atoms. The molecule has 0 aromatic carbocycles. The predicted molar refractivity (Wildman–Crippen MR) is 76.7 cm³/mol. The average molecular weight is 311 g/mol. The number of nitrogens with zero attached hydrogens (tertiary/aromatic N) is 1. The van der Waals surface area contributed by atoms with Gasteiger partial charge in [-0.05, 0) is 6.42 Å². The molecule has 0 radical (unpaired) electrons. The molecule has 1 aliphatic rings. The summed E-state index contributed by atoms with van der Waals surface area (Å²) in [6, 6.07) is 0. The summed E-state index contributed by atoms with van der Waals surface area (Å²) in [5.41, 5.74) is 0. The van der Waals surface area contributed by atoms with Crippen LogP contribution in [0.4, 0.5) is 0 Å². The Balaban J connectivity index is 2.69. The Morgan fingerprint density at radius 2 is 2.05 bits per heavy atom. The Morgan fingerprint density at radius 1 is 1.42 bits per heavy atom. The first-order valence-electron chi connectivity index (χ1n) is 6.21. The summed E-state index contributed by atoms with van der Waals surface area (Å²) in [6.07, 6.45) is -2.83. The molecule has 4 unspecified atom stereocenters. The molecule has 8 heteroatoms. The van der Waals surface area contributed by atoms with E-state index in [1.165, 1.54) is 0 Å². The van der Waals surface area contributed by atoms with Crippen molar-refractivity contribution in [1.82, 2.24) is 4.90 Å². The van der Waals surface area contributed by atoms with E-state index >= 15 is 0 Å². The third-order valence-electron chi connectivity index (χ3n) is 3.09. The smallest absolute Gasteiger partial charge is 0.162 e. The lowest BCUT2D eigenvalue weighted by Crippen LogP contribution is -2.53. The highest BCUT2D eigenvalue weighted by atomic mass is 32.2. The van der Waals surface area contributed by atoms with Gasteiger partial charge in [-0.3, -0.25) is 0 Å². The minimum Gasteiger partial charge on any atom is -0.394 e. The largest absolute Gasteiger partial charge is 0.394 e. The van der Waals surface area contributed by atoms with Crippen molar-refractivity contribution in [3.8, 4) is 0 Å². The van der Waals surface area contributed by atoms with Crippen LogP contribution in [0.5, 0.6) is 0 Å². The van der Waals surface area contributed by atoms with Gasteiger partial charge >= 0.3 is 0 Å². The van der Waals surface area contributed by atoms with Gasteiger partial charge in [0.15, 0.2) is 4.93 Å². The van der Waals surface area contributed by atoms with Gasteiger partial charge in [-0.1, -0.05) is 37.3 Å². The van der Waals surface area contributed by atoms with Crippen LogP contribution in [0.3, 0.4) is 0 Å². The van der Waals surface area contributed by atoms with E-state index in [0.717, 1.165) is 24.6 Å². The molecule has 5 N–H and O–H groups in total. The van der Waals surface area contributed by atoms with Gasteiger partial charge in [0, 0.05) is 6.54 Å². The van der Waals surface area contributed by atoms with E-state index < -0.39 is 29.9 Å². The zero-order valence-electron chi connectivity index (χ0n) is 10.8. The lowest BCUT2D eigenvalue weighted by Gasteiger charge is -2.32. The fourth-order valence-electron chi connectivity index (χ4n) is 1.84. The molecule has 1 aliphatic heterocycles. The maximum absolute atomic E-state index is 10.3. The van der Waals surface area contributed by atoms with Gasteiger partial charge in [0.25, 0.3) is 0 Å². The van der Waals surface area contributed by atoms with E-state index in [2.05, 4.69) is 0 Å². The Kier molecular flexibility index (Phi) is 6.44. The molecule has 19 heavy (non-hydrogen) atoms. The predicted octanol–water partition coefficient (Wildman–Crippen LogP) is -1.12.